The fourth-order valence-corrected chi connectivity index (χ4v) is 3.59. The summed E-state index contributed by atoms with van der Waals surface area (Å²) in [6.45, 7) is 3.65. The van der Waals surface area contributed by atoms with Crippen LogP contribution in [0.15, 0.2) is 47.5 Å². The van der Waals surface area contributed by atoms with Crippen LogP contribution in [0.3, 0.4) is 0 Å². The van der Waals surface area contributed by atoms with Crippen molar-refractivity contribution in [2.45, 2.75) is 24.5 Å². The summed E-state index contributed by atoms with van der Waals surface area (Å²) in [5, 5.41) is 8.79. The Morgan fingerprint density at radius 3 is 2.44 bits per heavy atom. The van der Waals surface area contributed by atoms with Gasteiger partial charge in [0.25, 0.3) is 0 Å². The molecule has 1 aromatic heterocycles. The van der Waals surface area contributed by atoms with Crippen molar-refractivity contribution in [2.75, 3.05) is 19.8 Å². The SMILES string of the molecule is CCOC(CNS(=O)(=O)c1ccc(C#N)cc1F)(OCC)c1ccccn1. The average molecular weight is 393 g/mol. The predicted octanol–water partition coefficient (Wildman–Crippen LogP) is 2.30. The van der Waals surface area contributed by atoms with Crippen molar-refractivity contribution in [3.63, 3.8) is 0 Å². The van der Waals surface area contributed by atoms with Crippen LogP contribution >= 0.6 is 0 Å². The molecule has 1 N–H and O–H groups in total. The Labute approximate surface area is 157 Å². The van der Waals surface area contributed by atoms with Gasteiger partial charge in [-0.25, -0.2) is 17.5 Å². The van der Waals surface area contributed by atoms with Crippen LogP contribution in [0.5, 0.6) is 0 Å². The number of ether oxygens (including phenoxy) is 2. The summed E-state index contributed by atoms with van der Waals surface area (Å²) >= 11 is 0. The van der Waals surface area contributed by atoms with Crippen molar-refractivity contribution in [3.8, 4) is 6.07 Å². The molecule has 7 nitrogen and oxygen atoms in total. The van der Waals surface area contributed by atoms with E-state index in [4.69, 9.17) is 14.7 Å². The maximum absolute atomic E-state index is 14.1. The lowest BCUT2D eigenvalue weighted by Gasteiger charge is -2.32. The number of aromatic nitrogens is 1. The van der Waals surface area contributed by atoms with Gasteiger partial charge >= 0.3 is 0 Å². The van der Waals surface area contributed by atoms with Gasteiger partial charge in [0, 0.05) is 19.4 Å². The van der Waals surface area contributed by atoms with E-state index in [0.29, 0.717) is 5.69 Å². The molecular weight excluding hydrogens is 373 g/mol. The monoisotopic (exact) mass is 393 g/mol. The lowest BCUT2D eigenvalue weighted by Crippen LogP contribution is -2.45. The summed E-state index contributed by atoms with van der Waals surface area (Å²) < 4.78 is 53.0. The highest BCUT2D eigenvalue weighted by molar-refractivity contribution is 7.89. The maximum Gasteiger partial charge on any atom is 0.243 e. The van der Waals surface area contributed by atoms with Gasteiger partial charge in [0.05, 0.1) is 18.2 Å². The lowest BCUT2D eigenvalue weighted by molar-refractivity contribution is -0.239. The standard InChI is InChI=1S/C18H20FN3O4S/c1-3-25-18(26-4-2,17-7-5-6-10-21-17)13-22-27(23,24)16-9-8-14(12-20)11-15(16)19/h5-11,22H,3-4,13H2,1-2H3. The van der Waals surface area contributed by atoms with E-state index in [1.807, 2.05) is 0 Å². The summed E-state index contributed by atoms with van der Waals surface area (Å²) in [5.41, 5.74) is 0.412. The zero-order valence-corrected chi connectivity index (χ0v) is 15.8. The average Bonchev–Trinajstić information content (AvgIpc) is 2.67. The predicted molar refractivity (Wildman–Crippen MR) is 95.5 cm³/mol. The first-order chi connectivity index (χ1) is 12.9. The van der Waals surface area contributed by atoms with Gasteiger partial charge in [0.2, 0.25) is 15.8 Å². The first-order valence-corrected chi connectivity index (χ1v) is 9.75. The van der Waals surface area contributed by atoms with Gasteiger partial charge in [0.1, 0.15) is 16.4 Å². The summed E-state index contributed by atoms with van der Waals surface area (Å²) in [4.78, 5) is 3.64. The van der Waals surface area contributed by atoms with Gasteiger partial charge < -0.3 is 9.47 Å². The second-order valence-corrected chi connectivity index (χ2v) is 7.15. The van der Waals surface area contributed by atoms with Crippen LogP contribution in [0.25, 0.3) is 0 Å². The minimum Gasteiger partial charge on any atom is -0.344 e. The first-order valence-electron chi connectivity index (χ1n) is 8.27. The molecule has 0 aliphatic rings. The van der Waals surface area contributed by atoms with E-state index in [2.05, 4.69) is 9.71 Å². The van der Waals surface area contributed by atoms with Crippen molar-refractivity contribution in [3.05, 3.63) is 59.7 Å². The fraction of sp³-hybridized carbons (Fsp3) is 0.333. The fourth-order valence-electron chi connectivity index (χ4n) is 2.49. The smallest absolute Gasteiger partial charge is 0.243 e. The first kappa shape index (κ1) is 20.9. The molecule has 144 valence electrons. The largest absolute Gasteiger partial charge is 0.344 e. The van der Waals surface area contributed by atoms with Crippen LogP contribution in [0, 0.1) is 17.1 Å². The van der Waals surface area contributed by atoms with Gasteiger partial charge in [-0.2, -0.15) is 5.26 Å². The Morgan fingerprint density at radius 1 is 1.22 bits per heavy atom. The van der Waals surface area contributed by atoms with E-state index >= 15 is 0 Å². The zero-order valence-electron chi connectivity index (χ0n) is 15.0. The quantitative estimate of drug-likeness (QED) is 0.656. The van der Waals surface area contributed by atoms with Crippen LogP contribution < -0.4 is 4.72 Å². The second-order valence-electron chi connectivity index (χ2n) is 5.42. The molecule has 0 atom stereocenters. The number of nitriles is 1. The number of nitrogens with one attached hydrogen (secondary N) is 1. The van der Waals surface area contributed by atoms with Crippen LogP contribution in [-0.2, 0) is 25.3 Å². The Hall–Kier alpha value is -2.38. The molecule has 0 spiro atoms. The van der Waals surface area contributed by atoms with Crippen molar-refractivity contribution in [1.82, 2.24) is 9.71 Å². The van der Waals surface area contributed by atoms with Crippen molar-refractivity contribution in [2.24, 2.45) is 0 Å². The number of nitrogens with zero attached hydrogens (tertiary/aromatic N) is 2. The minimum absolute atomic E-state index is 0.0258. The zero-order chi connectivity index (χ0) is 19.9. The molecule has 0 unspecified atom stereocenters. The normalized spacial score (nSPS) is 11.9. The molecule has 9 heteroatoms. The van der Waals surface area contributed by atoms with Crippen LogP contribution in [0.4, 0.5) is 4.39 Å². The van der Waals surface area contributed by atoms with Gasteiger partial charge in [-0.05, 0) is 44.2 Å². The third kappa shape index (κ3) is 4.87. The highest BCUT2D eigenvalue weighted by Gasteiger charge is 2.37. The number of rotatable bonds is 9. The van der Waals surface area contributed by atoms with Crippen molar-refractivity contribution < 1.29 is 22.3 Å². The van der Waals surface area contributed by atoms with Gasteiger partial charge in [0.15, 0.2) is 0 Å². The van der Waals surface area contributed by atoms with E-state index in [1.54, 1.807) is 38.1 Å². The van der Waals surface area contributed by atoms with E-state index in [9.17, 15) is 12.8 Å². The van der Waals surface area contributed by atoms with Crippen LogP contribution in [-0.4, -0.2) is 33.2 Å². The van der Waals surface area contributed by atoms with Gasteiger partial charge in [-0.3, -0.25) is 4.98 Å². The number of hydrogen-bond acceptors (Lipinski definition) is 6. The molecular formula is C18H20FN3O4S. The topological polar surface area (TPSA) is 101 Å². The Morgan fingerprint density at radius 2 is 1.93 bits per heavy atom. The summed E-state index contributed by atoms with van der Waals surface area (Å²) in [6, 6.07) is 9.99. The van der Waals surface area contributed by atoms with Crippen LogP contribution in [0.1, 0.15) is 25.1 Å². The maximum atomic E-state index is 14.1. The molecule has 2 rings (SSSR count). The Kier molecular flexibility index (Phi) is 6.98. The third-order valence-corrected chi connectivity index (χ3v) is 5.09. The highest BCUT2D eigenvalue weighted by atomic mass is 32.2. The molecule has 1 aromatic carbocycles. The van der Waals surface area contributed by atoms with E-state index < -0.39 is 26.5 Å². The van der Waals surface area contributed by atoms with Crippen molar-refractivity contribution in [1.29, 1.82) is 5.26 Å². The Balaban J connectivity index is 2.34. The number of benzene rings is 1. The molecule has 0 saturated heterocycles. The third-order valence-electron chi connectivity index (χ3n) is 3.66. The number of sulfonamides is 1. The summed E-state index contributed by atoms with van der Waals surface area (Å²) in [7, 11) is -4.22. The minimum atomic E-state index is -4.22. The van der Waals surface area contributed by atoms with E-state index in [1.165, 1.54) is 12.3 Å². The molecule has 1 heterocycles. The molecule has 2 aromatic rings. The van der Waals surface area contributed by atoms with E-state index in [0.717, 1.165) is 12.1 Å². The second kappa shape index (κ2) is 9.01. The number of halogens is 1. The Bertz CT molecular complexity index is 908. The molecule has 0 aliphatic heterocycles. The lowest BCUT2D eigenvalue weighted by atomic mass is 10.1. The molecule has 0 saturated carbocycles. The van der Waals surface area contributed by atoms with Crippen LogP contribution in [0.2, 0.25) is 0 Å². The summed E-state index contributed by atoms with van der Waals surface area (Å²) in [6.07, 6.45) is 1.54. The van der Waals surface area contributed by atoms with Gasteiger partial charge in [-0.15, -0.1) is 0 Å². The molecule has 27 heavy (non-hydrogen) atoms. The number of hydrogen-bond donors (Lipinski definition) is 1. The summed E-state index contributed by atoms with van der Waals surface area (Å²) in [5.74, 6) is -2.47. The molecule has 0 amide bonds. The van der Waals surface area contributed by atoms with E-state index in [-0.39, 0.29) is 25.3 Å². The molecule has 0 fully saturated rings. The highest BCUT2D eigenvalue weighted by Crippen LogP contribution is 2.26. The van der Waals surface area contributed by atoms with Crippen molar-refractivity contribution >= 4 is 10.0 Å². The molecule has 0 aliphatic carbocycles. The van der Waals surface area contributed by atoms with Gasteiger partial charge in [-0.1, -0.05) is 6.07 Å². The molecule has 0 bridgehead atoms. The molecule has 0 radical (unpaired) electrons. The number of pyridine rings is 1.